The lowest BCUT2D eigenvalue weighted by molar-refractivity contribution is 0.198. The Balaban J connectivity index is 2.01. The summed E-state index contributed by atoms with van der Waals surface area (Å²) in [6.45, 7) is 6.67. The van der Waals surface area contributed by atoms with Gasteiger partial charge in [-0.05, 0) is 24.1 Å². The van der Waals surface area contributed by atoms with Crippen molar-refractivity contribution in [1.82, 2.24) is 10.2 Å². The molecule has 5 heteroatoms. The molecule has 0 saturated carbocycles. The molecule has 1 aliphatic heterocycles. The Morgan fingerprint density at radius 3 is 2.68 bits per heavy atom. The van der Waals surface area contributed by atoms with Gasteiger partial charge in [-0.15, -0.1) is 0 Å². The van der Waals surface area contributed by atoms with Crippen LogP contribution < -0.4 is 11.1 Å². The summed E-state index contributed by atoms with van der Waals surface area (Å²) in [5.41, 5.74) is 6.34. The van der Waals surface area contributed by atoms with Gasteiger partial charge in [0.15, 0.2) is 0 Å². The summed E-state index contributed by atoms with van der Waals surface area (Å²) < 4.78 is 26.9. The van der Waals surface area contributed by atoms with Crippen LogP contribution in [0.1, 0.15) is 18.5 Å². The van der Waals surface area contributed by atoms with Crippen LogP contribution in [0.25, 0.3) is 0 Å². The first-order valence-electron chi connectivity index (χ1n) is 6.71. The Morgan fingerprint density at radius 2 is 2.00 bits per heavy atom. The van der Waals surface area contributed by atoms with E-state index >= 15 is 0 Å². The van der Waals surface area contributed by atoms with Crippen molar-refractivity contribution < 1.29 is 8.78 Å². The molecular formula is C14H21F2N3. The number of nitrogens with one attached hydrogen (secondary N) is 1. The van der Waals surface area contributed by atoms with Gasteiger partial charge in [0.2, 0.25) is 0 Å². The highest BCUT2D eigenvalue weighted by Crippen LogP contribution is 2.23. The molecule has 0 aliphatic carbocycles. The average Bonchev–Trinajstić information content (AvgIpc) is 2.42. The van der Waals surface area contributed by atoms with Crippen molar-refractivity contribution in [3.63, 3.8) is 0 Å². The van der Waals surface area contributed by atoms with Crippen molar-refractivity contribution >= 4 is 0 Å². The largest absolute Gasteiger partial charge is 0.324 e. The van der Waals surface area contributed by atoms with Gasteiger partial charge in [0.1, 0.15) is 11.6 Å². The Morgan fingerprint density at radius 1 is 1.32 bits per heavy atom. The number of nitrogens with zero attached hydrogens (tertiary/aromatic N) is 1. The highest BCUT2D eigenvalue weighted by molar-refractivity contribution is 5.22. The molecule has 0 radical (unpaired) electrons. The van der Waals surface area contributed by atoms with Crippen LogP contribution in [-0.2, 0) is 0 Å². The number of halogens is 2. The lowest BCUT2D eigenvalue weighted by Crippen LogP contribution is -2.46. The summed E-state index contributed by atoms with van der Waals surface area (Å²) >= 11 is 0. The van der Waals surface area contributed by atoms with Gasteiger partial charge in [-0.1, -0.05) is 6.92 Å². The van der Waals surface area contributed by atoms with E-state index in [-0.39, 0.29) is 11.5 Å². The van der Waals surface area contributed by atoms with Gasteiger partial charge in [0, 0.05) is 44.3 Å². The third kappa shape index (κ3) is 3.72. The van der Waals surface area contributed by atoms with E-state index in [0.29, 0.717) is 0 Å². The third-order valence-electron chi connectivity index (χ3n) is 3.69. The molecule has 0 spiro atoms. The predicted octanol–water partition coefficient (Wildman–Crippen LogP) is 1.51. The molecule has 3 nitrogen and oxygen atoms in total. The van der Waals surface area contributed by atoms with E-state index < -0.39 is 17.7 Å². The van der Waals surface area contributed by atoms with Crippen molar-refractivity contribution in [2.45, 2.75) is 13.0 Å². The highest BCUT2D eigenvalue weighted by Gasteiger charge is 2.22. The summed E-state index contributed by atoms with van der Waals surface area (Å²) in [7, 11) is 0. The molecular weight excluding hydrogens is 248 g/mol. The van der Waals surface area contributed by atoms with Crippen LogP contribution >= 0.6 is 0 Å². The molecule has 2 rings (SSSR count). The smallest absolute Gasteiger partial charge is 0.128 e. The first-order valence-corrected chi connectivity index (χ1v) is 6.71. The first-order chi connectivity index (χ1) is 9.08. The molecule has 1 aromatic carbocycles. The predicted molar refractivity (Wildman–Crippen MR) is 71.8 cm³/mol. The Hall–Kier alpha value is -1.04. The average molecular weight is 269 g/mol. The molecule has 2 atom stereocenters. The molecule has 0 amide bonds. The van der Waals surface area contributed by atoms with Gasteiger partial charge >= 0.3 is 0 Å². The summed E-state index contributed by atoms with van der Waals surface area (Å²) in [5, 5.41) is 3.28. The van der Waals surface area contributed by atoms with Gasteiger partial charge in [-0.25, -0.2) is 8.78 Å². The molecule has 2 unspecified atom stereocenters. The molecule has 0 bridgehead atoms. The molecule has 1 aromatic rings. The fraction of sp³-hybridized carbons (Fsp3) is 0.571. The molecule has 1 heterocycles. The van der Waals surface area contributed by atoms with Gasteiger partial charge in [-0.3, -0.25) is 0 Å². The molecule has 1 fully saturated rings. The van der Waals surface area contributed by atoms with Crippen LogP contribution in [-0.4, -0.2) is 37.6 Å². The van der Waals surface area contributed by atoms with E-state index in [4.69, 9.17) is 5.73 Å². The normalized spacial score (nSPS) is 20.2. The summed E-state index contributed by atoms with van der Waals surface area (Å²) in [6, 6.07) is 2.98. The lowest BCUT2D eigenvalue weighted by atomic mass is 9.94. The molecule has 19 heavy (non-hydrogen) atoms. The number of benzene rings is 1. The number of rotatable bonds is 4. The summed E-state index contributed by atoms with van der Waals surface area (Å²) in [5.74, 6) is -0.795. The standard InChI is InChI=1S/C14H21F2N3/c1-10(9-19-6-4-18-5-7-19)14(17)12-8-11(15)2-3-13(12)16/h2-3,8,10,14,18H,4-7,9,17H2,1H3. The number of hydrogen-bond acceptors (Lipinski definition) is 3. The van der Waals surface area contributed by atoms with Crippen molar-refractivity contribution in [3.05, 3.63) is 35.4 Å². The maximum absolute atomic E-state index is 13.7. The van der Waals surface area contributed by atoms with Crippen LogP contribution in [0.2, 0.25) is 0 Å². The quantitative estimate of drug-likeness (QED) is 0.870. The van der Waals surface area contributed by atoms with E-state index in [2.05, 4.69) is 10.2 Å². The number of piperazine rings is 1. The fourth-order valence-corrected chi connectivity index (χ4v) is 2.49. The SMILES string of the molecule is CC(CN1CCNCC1)C(N)c1cc(F)ccc1F. The van der Waals surface area contributed by atoms with Crippen LogP contribution in [0.4, 0.5) is 8.78 Å². The Bertz CT molecular complexity index is 419. The Kier molecular flexibility index (Phi) is 4.85. The lowest BCUT2D eigenvalue weighted by Gasteiger charge is -2.31. The van der Waals surface area contributed by atoms with Crippen LogP contribution in [0.15, 0.2) is 18.2 Å². The van der Waals surface area contributed by atoms with E-state index in [1.807, 2.05) is 6.92 Å². The van der Waals surface area contributed by atoms with Crippen molar-refractivity contribution in [2.75, 3.05) is 32.7 Å². The van der Waals surface area contributed by atoms with Crippen LogP contribution in [0.5, 0.6) is 0 Å². The molecule has 1 saturated heterocycles. The molecule has 0 aromatic heterocycles. The third-order valence-corrected chi connectivity index (χ3v) is 3.69. The van der Waals surface area contributed by atoms with Crippen LogP contribution in [0, 0.1) is 17.6 Å². The van der Waals surface area contributed by atoms with Crippen molar-refractivity contribution in [3.8, 4) is 0 Å². The minimum absolute atomic E-state index is 0.0781. The van der Waals surface area contributed by atoms with Gasteiger partial charge in [0.05, 0.1) is 0 Å². The molecule has 106 valence electrons. The number of nitrogens with two attached hydrogens (primary N) is 1. The zero-order valence-electron chi connectivity index (χ0n) is 11.2. The number of hydrogen-bond donors (Lipinski definition) is 2. The fourth-order valence-electron chi connectivity index (χ4n) is 2.49. The second kappa shape index (κ2) is 6.41. The topological polar surface area (TPSA) is 41.3 Å². The minimum atomic E-state index is -0.481. The molecule has 1 aliphatic rings. The zero-order valence-corrected chi connectivity index (χ0v) is 11.2. The Labute approximate surface area is 112 Å². The van der Waals surface area contributed by atoms with Crippen molar-refractivity contribution in [2.24, 2.45) is 11.7 Å². The molecule has 3 N–H and O–H groups in total. The maximum atomic E-state index is 13.7. The van der Waals surface area contributed by atoms with E-state index in [1.165, 1.54) is 6.07 Å². The van der Waals surface area contributed by atoms with Gasteiger partial charge < -0.3 is 16.0 Å². The summed E-state index contributed by atoms with van der Waals surface area (Å²) in [4.78, 5) is 2.30. The maximum Gasteiger partial charge on any atom is 0.128 e. The van der Waals surface area contributed by atoms with Crippen LogP contribution in [0.3, 0.4) is 0 Å². The van der Waals surface area contributed by atoms with Gasteiger partial charge in [-0.2, -0.15) is 0 Å². The van der Waals surface area contributed by atoms with E-state index in [9.17, 15) is 8.78 Å². The van der Waals surface area contributed by atoms with E-state index in [0.717, 1.165) is 44.9 Å². The van der Waals surface area contributed by atoms with Crippen molar-refractivity contribution in [1.29, 1.82) is 0 Å². The van der Waals surface area contributed by atoms with E-state index in [1.54, 1.807) is 0 Å². The zero-order chi connectivity index (χ0) is 13.8. The monoisotopic (exact) mass is 269 g/mol. The van der Waals surface area contributed by atoms with Gasteiger partial charge in [0.25, 0.3) is 0 Å². The second-order valence-electron chi connectivity index (χ2n) is 5.22. The highest BCUT2D eigenvalue weighted by atomic mass is 19.1. The summed E-state index contributed by atoms with van der Waals surface area (Å²) in [6.07, 6.45) is 0. The minimum Gasteiger partial charge on any atom is -0.324 e. The first kappa shape index (κ1) is 14.4. The second-order valence-corrected chi connectivity index (χ2v) is 5.22.